The van der Waals surface area contributed by atoms with Crippen LogP contribution in [-0.2, 0) is 6.42 Å². The van der Waals surface area contributed by atoms with Gasteiger partial charge in [0.2, 0.25) is 5.88 Å². The molecule has 0 spiro atoms. The number of anilines is 1. The standard InChI is InChI=1S/C13H13N3O2/c1-2-9-3-5-10(6-4-9)18-13-11(7-17)12(14)15-8-16-13/h3-8H,2H2,1H3,(H2,14,15,16). The number of nitrogen functional groups attached to an aromatic ring is 1. The molecular weight excluding hydrogens is 230 g/mol. The molecule has 0 fully saturated rings. The number of hydrogen-bond donors (Lipinski definition) is 1. The molecule has 0 atom stereocenters. The molecule has 2 N–H and O–H groups in total. The van der Waals surface area contributed by atoms with Gasteiger partial charge in [-0.1, -0.05) is 19.1 Å². The van der Waals surface area contributed by atoms with Gasteiger partial charge < -0.3 is 10.5 Å². The predicted octanol–water partition coefficient (Wildman–Crippen LogP) is 2.23. The highest BCUT2D eigenvalue weighted by molar-refractivity contribution is 5.84. The van der Waals surface area contributed by atoms with Crippen LogP contribution in [0.3, 0.4) is 0 Å². The summed E-state index contributed by atoms with van der Waals surface area (Å²) in [5.74, 6) is 0.885. The van der Waals surface area contributed by atoms with E-state index in [1.165, 1.54) is 11.9 Å². The highest BCUT2D eigenvalue weighted by Gasteiger charge is 2.10. The quantitative estimate of drug-likeness (QED) is 0.833. The molecular formula is C13H13N3O2. The first kappa shape index (κ1) is 12.0. The fraction of sp³-hybridized carbons (Fsp3) is 0.154. The van der Waals surface area contributed by atoms with Gasteiger partial charge in [-0.3, -0.25) is 4.79 Å². The third-order valence-corrected chi connectivity index (χ3v) is 2.54. The minimum absolute atomic E-state index is 0.111. The van der Waals surface area contributed by atoms with Gasteiger partial charge in [0.15, 0.2) is 6.29 Å². The number of carbonyl (C=O) groups excluding carboxylic acids is 1. The lowest BCUT2D eigenvalue weighted by Crippen LogP contribution is -2.01. The van der Waals surface area contributed by atoms with Crippen molar-refractivity contribution in [2.45, 2.75) is 13.3 Å². The maximum absolute atomic E-state index is 10.9. The van der Waals surface area contributed by atoms with Crippen LogP contribution in [0.2, 0.25) is 0 Å². The van der Waals surface area contributed by atoms with Crippen LogP contribution in [-0.4, -0.2) is 16.3 Å². The number of aldehydes is 1. The van der Waals surface area contributed by atoms with Gasteiger partial charge in [0.25, 0.3) is 0 Å². The van der Waals surface area contributed by atoms with E-state index in [4.69, 9.17) is 10.5 Å². The Bertz CT molecular complexity index is 553. The van der Waals surface area contributed by atoms with Crippen molar-refractivity contribution >= 4 is 12.1 Å². The van der Waals surface area contributed by atoms with Gasteiger partial charge in [-0.15, -0.1) is 0 Å². The van der Waals surface area contributed by atoms with Gasteiger partial charge in [0, 0.05) is 0 Å². The summed E-state index contributed by atoms with van der Waals surface area (Å²) in [5, 5.41) is 0. The topological polar surface area (TPSA) is 78.1 Å². The molecule has 0 radical (unpaired) electrons. The van der Waals surface area contributed by atoms with Gasteiger partial charge in [0.05, 0.1) is 0 Å². The first-order valence-corrected chi connectivity index (χ1v) is 5.57. The molecule has 0 aliphatic heterocycles. The van der Waals surface area contributed by atoms with Crippen molar-refractivity contribution in [3.8, 4) is 11.6 Å². The molecule has 0 aliphatic carbocycles. The molecule has 5 nitrogen and oxygen atoms in total. The molecule has 1 aromatic carbocycles. The van der Waals surface area contributed by atoms with E-state index in [1.807, 2.05) is 24.3 Å². The summed E-state index contributed by atoms with van der Waals surface area (Å²) < 4.78 is 5.52. The third kappa shape index (κ3) is 2.45. The van der Waals surface area contributed by atoms with Crippen LogP contribution in [0.25, 0.3) is 0 Å². The molecule has 0 saturated carbocycles. The van der Waals surface area contributed by atoms with Crippen molar-refractivity contribution in [1.29, 1.82) is 0 Å². The third-order valence-electron chi connectivity index (χ3n) is 2.54. The molecule has 1 aromatic heterocycles. The molecule has 2 rings (SSSR count). The Labute approximate surface area is 105 Å². The molecule has 0 bridgehead atoms. The Balaban J connectivity index is 2.28. The van der Waals surface area contributed by atoms with Gasteiger partial charge in [-0.25, -0.2) is 9.97 Å². The van der Waals surface area contributed by atoms with Gasteiger partial charge in [-0.2, -0.15) is 0 Å². The van der Waals surface area contributed by atoms with Gasteiger partial charge in [-0.05, 0) is 24.1 Å². The van der Waals surface area contributed by atoms with E-state index < -0.39 is 0 Å². The van der Waals surface area contributed by atoms with Crippen LogP contribution in [0.4, 0.5) is 5.82 Å². The van der Waals surface area contributed by atoms with Crippen molar-refractivity contribution < 1.29 is 9.53 Å². The van der Waals surface area contributed by atoms with Crippen LogP contribution < -0.4 is 10.5 Å². The normalized spacial score (nSPS) is 10.1. The van der Waals surface area contributed by atoms with E-state index in [-0.39, 0.29) is 17.3 Å². The maximum atomic E-state index is 10.9. The molecule has 0 aliphatic rings. The number of hydrogen-bond acceptors (Lipinski definition) is 5. The number of ether oxygens (including phenoxy) is 1. The minimum Gasteiger partial charge on any atom is -0.438 e. The van der Waals surface area contributed by atoms with E-state index in [0.717, 1.165) is 6.42 Å². The smallest absolute Gasteiger partial charge is 0.235 e. The number of nitrogens with zero attached hydrogens (tertiary/aromatic N) is 2. The lowest BCUT2D eigenvalue weighted by molar-refractivity contribution is 0.112. The van der Waals surface area contributed by atoms with Crippen LogP contribution in [0.1, 0.15) is 22.8 Å². The number of carbonyl (C=O) groups is 1. The average molecular weight is 243 g/mol. The molecule has 18 heavy (non-hydrogen) atoms. The predicted molar refractivity (Wildman–Crippen MR) is 67.7 cm³/mol. The molecule has 92 valence electrons. The first-order valence-electron chi connectivity index (χ1n) is 5.57. The van der Waals surface area contributed by atoms with Crippen molar-refractivity contribution in [1.82, 2.24) is 9.97 Å². The Kier molecular flexibility index (Phi) is 3.52. The van der Waals surface area contributed by atoms with E-state index in [1.54, 1.807) is 0 Å². The molecule has 0 unspecified atom stereocenters. The molecule has 5 heteroatoms. The first-order chi connectivity index (χ1) is 8.74. The zero-order chi connectivity index (χ0) is 13.0. The second-order valence-electron chi connectivity index (χ2n) is 3.70. The SMILES string of the molecule is CCc1ccc(Oc2ncnc(N)c2C=O)cc1. The number of rotatable bonds is 4. The fourth-order valence-corrected chi connectivity index (χ4v) is 1.49. The number of nitrogens with two attached hydrogens (primary N) is 1. The summed E-state index contributed by atoms with van der Waals surface area (Å²) >= 11 is 0. The van der Waals surface area contributed by atoms with Crippen LogP contribution >= 0.6 is 0 Å². The molecule has 2 aromatic rings. The lowest BCUT2D eigenvalue weighted by Gasteiger charge is -2.07. The summed E-state index contributed by atoms with van der Waals surface area (Å²) in [5.41, 5.74) is 6.94. The largest absolute Gasteiger partial charge is 0.438 e. The summed E-state index contributed by atoms with van der Waals surface area (Å²) in [6.07, 6.45) is 2.81. The molecule has 0 amide bonds. The summed E-state index contributed by atoms with van der Waals surface area (Å²) in [6, 6.07) is 7.57. The Hall–Kier alpha value is -2.43. The maximum Gasteiger partial charge on any atom is 0.235 e. The Morgan fingerprint density at radius 2 is 2.00 bits per heavy atom. The van der Waals surface area contributed by atoms with Crippen LogP contribution in [0, 0.1) is 0 Å². The van der Waals surface area contributed by atoms with E-state index >= 15 is 0 Å². The van der Waals surface area contributed by atoms with Crippen molar-refractivity contribution in [3.63, 3.8) is 0 Å². The van der Waals surface area contributed by atoms with E-state index in [0.29, 0.717) is 12.0 Å². The number of aryl methyl sites for hydroxylation is 1. The highest BCUT2D eigenvalue weighted by atomic mass is 16.5. The number of aromatic nitrogens is 2. The monoisotopic (exact) mass is 243 g/mol. The van der Waals surface area contributed by atoms with Gasteiger partial charge >= 0.3 is 0 Å². The average Bonchev–Trinajstić information content (AvgIpc) is 2.40. The lowest BCUT2D eigenvalue weighted by atomic mass is 10.2. The Morgan fingerprint density at radius 1 is 1.28 bits per heavy atom. The summed E-state index contributed by atoms with van der Waals surface area (Å²) in [4.78, 5) is 18.5. The van der Waals surface area contributed by atoms with Crippen LogP contribution in [0.5, 0.6) is 11.6 Å². The summed E-state index contributed by atoms with van der Waals surface area (Å²) in [6.45, 7) is 2.07. The van der Waals surface area contributed by atoms with E-state index in [9.17, 15) is 4.79 Å². The highest BCUT2D eigenvalue weighted by Crippen LogP contribution is 2.24. The van der Waals surface area contributed by atoms with Crippen LogP contribution in [0.15, 0.2) is 30.6 Å². The Morgan fingerprint density at radius 3 is 2.61 bits per heavy atom. The van der Waals surface area contributed by atoms with Gasteiger partial charge in [0.1, 0.15) is 23.5 Å². The van der Waals surface area contributed by atoms with Crippen molar-refractivity contribution in [2.24, 2.45) is 0 Å². The van der Waals surface area contributed by atoms with Crippen molar-refractivity contribution in [3.05, 3.63) is 41.7 Å². The zero-order valence-corrected chi connectivity index (χ0v) is 9.96. The fourth-order valence-electron chi connectivity index (χ4n) is 1.49. The minimum atomic E-state index is 0.111. The second-order valence-corrected chi connectivity index (χ2v) is 3.70. The zero-order valence-electron chi connectivity index (χ0n) is 9.96. The second kappa shape index (κ2) is 5.27. The molecule has 0 saturated heterocycles. The van der Waals surface area contributed by atoms with E-state index in [2.05, 4.69) is 16.9 Å². The number of benzene rings is 1. The molecule has 1 heterocycles. The summed E-state index contributed by atoms with van der Waals surface area (Å²) in [7, 11) is 0. The van der Waals surface area contributed by atoms with Crippen molar-refractivity contribution in [2.75, 3.05) is 5.73 Å².